The number of H-pyrrole nitrogens is 1. The summed E-state index contributed by atoms with van der Waals surface area (Å²) in [5.41, 5.74) is 5.51. The molecule has 0 radical (unpaired) electrons. The number of hydrogen-bond donors (Lipinski definition) is 2. The number of ketones is 1. The average molecular weight is 530 g/mol. The number of rotatable bonds is 8. The van der Waals surface area contributed by atoms with Crippen molar-refractivity contribution < 1.29 is 18.7 Å². The van der Waals surface area contributed by atoms with Crippen molar-refractivity contribution in [3.63, 3.8) is 0 Å². The van der Waals surface area contributed by atoms with E-state index in [1.54, 1.807) is 30.1 Å². The summed E-state index contributed by atoms with van der Waals surface area (Å²) in [5, 5.41) is 2.74. The number of ether oxygens (including phenoxy) is 1. The van der Waals surface area contributed by atoms with Gasteiger partial charge < -0.3 is 15.0 Å². The molecule has 4 aromatic rings. The second-order valence-electron chi connectivity index (χ2n) is 9.41. The summed E-state index contributed by atoms with van der Waals surface area (Å²) < 4.78 is 18.9. The predicted molar refractivity (Wildman–Crippen MR) is 147 cm³/mol. The van der Waals surface area contributed by atoms with Gasteiger partial charge in [-0.05, 0) is 53.8 Å². The van der Waals surface area contributed by atoms with Gasteiger partial charge >= 0.3 is 0 Å². The van der Waals surface area contributed by atoms with Crippen molar-refractivity contribution in [3.05, 3.63) is 95.1 Å². The van der Waals surface area contributed by atoms with Gasteiger partial charge in [-0.2, -0.15) is 0 Å². The van der Waals surface area contributed by atoms with Gasteiger partial charge in [-0.1, -0.05) is 30.3 Å². The van der Waals surface area contributed by atoms with Gasteiger partial charge in [-0.25, -0.2) is 9.37 Å². The molecule has 1 amide bonds. The summed E-state index contributed by atoms with van der Waals surface area (Å²) in [6.45, 7) is 1.45. The van der Waals surface area contributed by atoms with Crippen molar-refractivity contribution in [2.24, 2.45) is 5.92 Å². The van der Waals surface area contributed by atoms with E-state index in [4.69, 9.17) is 4.74 Å². The number of nitrogens with zero attached hydrogens (tertiary/aromatic N) is 1. The molecule has 5 rings (SSSR count). The number of Topliss-reactive ketones (excluding diaryl/α,β-unsaturated/α-hetero) is 1. The maximum Gasteiger partial charge on any atom is 0.222 e. The minimum absolute atomic E-state index is 0.123. The van der Waals surface area contributed by atoms with Crippen LogP contribution in [-0.4, -0.2) is 34.5 Å². The van der Waals surface area contributed by atoms with E-state index >= 15 is 0 Å². The van der Waals surface area contributed by atoms with Crippen LogP contribution in [0.5, 0.6) is 5.75 Å². The fourth-order valence-electron chi connectivity index (χ4n) is 4.93. The minimum atomic E-state index is -0.392. The standard InChI is InChI=1S/C30H28FN3O3S/c1-18(35)33-28-15-21(10-11-32-28)30-23(12-19-6-4-3-5-7-19)29-25(34-30)13-20(14-26(29)36)17-38-22-8-9-24(31)27(16-22)37-2/h3-11,15-16,20,34H,12-14,17H2,1-2H3,(H,32,33,35). The van der Waals surface area contributed by atoms with Crippen LogP contribution in [-0.2, 0) is 17.6 Å². The highest BCUT2D eigenvalue weighted by molar-refractivity contribution is 7.99. The van der Waals surface area contributed by atoms with Crippen molar-refractivity contribution in [2.75, 3.05) is 18.2 Å². The van der Waals surface area contributed by atoms with Crippen molar-refractivity contribution in [1.82, 2.24) is 9.97 Å². The molecule has 0 fully saturated rings. The molecule has 0 saturated heterocycles. The second kappa shape index (κ2) is 11.2. The highest BCUT2D eigenvalue weighted by Gasteiger charge is 2.31. The van der Waals surface area contributed by atoms with Gasteiger partial charge in [-0.15, -0.1) is 11.8 Å². The van der Waals surface area contributed by atoms with E-state index in [0.717, 1.165) is 50.7 Å². The number of hydrogen-bond acceptors (Lipinski definition) is 5. The van der Waals surface area contributed by atoms with E-state index in [-0.39, 0.29) is 23.4 Å². The minimum Gasteiger partial charge on any atom is -0.494 e. The van der Waals surface area contributed by atoms with Gasteiger partial charge in [0.25, 0.3) is 0 Å². The van der Waals surface area contributed by atoms with E-state index in [0.29, 0.717) is 18.7 Å². The number of carbonyl (C=O) groups is 2. The first-order valence-corrected chi connectivity index (χ1v) is 13.4. The average Bonchev–Trinajstić information content (AvgIpc) is 3.27. The third-order valence-electron chi connectivity index (χ3n) is 6.61. The van der Waals surface area contributed by atoms with Crippen LogP contribution >= 0.6 is 11.8 Å². The maximum absolute atomic E-state index is 13.8. The Labute approximate surface area is 225 Å². The zero-order valence-corrected chi connectivity index (χ0v) is 22.0. The Morgan fingerprint density at radius 1 is 1.16 bits per heavy atom. The van der Waals surface area contributed by atoms with Crippen LogP contribution in [0, 0.1) is 11.7 Å². The molecule has 2 aromatic carbocycles. The summed E-state index contributed by atoms with van der Waals surface area (Å²) in [6, 6.07) is 18.6. The topological polar surface area (TPSA) is 84.1 Å². The van der Waals surface area contributed by atoms with Gasteiger partial charge in [0.15, 0.2) is 17.3 Å². The fraction of sp³-hybridized carbons (Fsp3) is 0.233. The van der Waals surface area contributed by atoms with E-state index in [2.05, 4.69) is 27.4 Å². The number of methoxy groups -OCH3 is 1. The number of halogens is 1. The Bertz CT molecular complexity index is 1490. The summed E-state index contributed by atoms with van der Waals surface area (Å²) in [7, 11) is 1.45. The lowest BCUT2D eigenvalue weighted by molar-refractivity contribution is -0.114. The molecular weight excluding hydrogens is 501 g/mol. The quantitative estimate of drug-likeness (QED) is 0.261. The lowest BCUT2D eigenvalue weighted by Crippen LogP contribution is -2.22. The van der Waals surface area contributed by atoms with Gasteiger partial charge in [0.1, 0.15) is 5.82 Å². The summed E-state index contributed by atoms with van der Waals surface area (Å²) in [6.07, 6.45) is 3.45. The molecule has 1 atom stereocenters. The number of anilines is 1. The van der Waals surface area contributed by atoms with Gasteiger partial charge in [0, 0.05) is 53.4 Å². The monoisotopic (exact) mass is 529 g/mol. The Kier molecular flexibility index (Phi) is 7.60. The van der Waals surface area contributed by atoms with Crippen molar-refractivity contribution in [1.29, 1.82) is 0 Å². The number of aromatic amines is 1. The number of amides is 1. The smallest absolute Gasteiger partial charge is 0.222 e. The van der Waals surface area contributed by atoms with E-state index in [1.807, 2.05) is 30.3 Å². The Hall–Kier alpha value is -3.91. The van der Waals surface area contributed by atoms with Crippen molar-refractivity contribution >= 4 is 29.3 Å². The molecule has 0 bridgehead atoms. The highest BCUT2D eigenvalue weighted by atomic mass is 32.2. The molecule has 38 heavy (non-hydrogen) atoms. The molecule has 2 aromatic heterocycles. The fourth-order valence-corrected chi connectivity index (χ4v) is 5.95. The first-order valence-electron chi connectivity index (χ1n) is 12.4. The van der Waals surface area contributed by atoms with Crippen LogP contribution in [0.2, 0.25) is 0 Å². The first-order chi connectivity index (χ1) is 18.4. The summed E-state index contributed by atoms with van der Waals surface area (Å²) in [5.74, 6) is 1.08. The summed E-state index contributed by atoms with van der Waals surface area (Å²) >= 11 is 1.60. The first kappa shape index (κ1) is 25.7. The van der Waals surface area contributed by atoms with Gasteiger partial charge in [0.05, 0.1) is 12.8 Å². The highest BCUT2D eigenvalue weighted by Crippen LogP contribution is 2.38. The molecule has 1 aliphatic carbocycles. The molecule has 2 heterocycles. The number of thioether (sulfide) groups is 1. The third-order valence-corrected chi connectivity index (χ3v) is 7.84. The van der Waals surface area contributed by atoms with Crippen LogP contribution < -0.4 is 10.1 Å². The lowest BCUT2D eigenvalue weighted by Gasteiger charge is -2.22. The van der Waals surface area contributed by atoms with Crippen LogP contribution in [0.25, 0.3) is 11.3 Å². The Morgan fingerprint density at radius 3 is 2.74 bits per heavy atom. The Balaban J connectivity index is 1.45. The van der Waals surface area contributed by atoms with Crippen LogP contribution in [0.15, 0.2) is 71.8 Å². The maximum atomic E-state index is 13.8. The van der Waals surface area contributed by atoms with Crippen LogP contribution in [0.4, 0.5) is 10.2 Å². The number of benzene rings is 2. The summed E-state index contributed by atoms with van der Waals surface area (Å²) in [4.78, 5) is 33.9. The molecule has 6 nitrogen and oxygen atoms in total. The number of pyridine rings is 1. The predicted octanol–water partition coefficient (Wildman–Crippen LogP) is 6.31. The van der Waals surface area contributed by atoms with Crippen molar-refractivity contribution in [2.45, 2.75) is 31.1 Å². The van der Waals surface area contributed by atoms with Gasteiger partial charge in [-0.3, -0.25) is 9.59 Å². The zero-order valence-electron chi connectivity index (χ0n) is 21.2. The van der Waals surface area contributed by atoms with Crippen molar-refractivity contribution in [3.8, 4) is 17.0 Å². The second-order valence-corrected chi connectivity index (χ2v) is 10.5. The van der Waals surface area contributed by atoms with Crippen LogP contribution in [0.1, 0.15) is 40.5 Å². The Morgan fingerprint density at radius 2 is 1.97 bits per heavy atom. The molecule has 0 aliphatic heterocycles. The zero-order chi connectivity index (χ0) is 26.6. The largest absolute Gasteiger partial charge is 0.494 e. The molecule has 0 spiro atoms. The third kappa shape index (κ3) is 5.65. The number of aromatic nitrogens is 2. The molecule has 194 valence electrons. The SMILES string of the molecule is COc1cc(SCC2CC(=O)c3c([nH]c(-c4ccnc(NC(C)=O)c4)c3Cc3ccccc3)C2)ccc1F. The molecule has 0 saturated carbocycles. The van der Waals surface area contributed by atoms with E-state index in [9.17, 15) is 14.0 Å². The normalized spacial score (nSPS) is 14.7. The number of carbonyl (C=O) groups excluding carboxylic acids is 2. The molecule has 8 heteroatoms. The van der Waals surface area contributed by atoms with E-state index in [1.165, 1.54) is 20.1 Å². The lowest BCUT2D eigenvalue weighted by atomic mass is 9.84. The molecule has 1 aliphatic rings. The number of nitrogens with one attached hydrogen (secondary N) is 2. The molecule has 2 N–H and O–H groups in total. The van der Waals surface area contributed by atoms with Gasteiger partial charge in [0.2, 0.25) is 5.91 Å². The molecular formula is C30H28FN3O3S. The molecule has 1 unspecified atom stereocenters. The van der Waals surface area contributed by atoms with E-state index < -0.39 is 5.82 Å². The number of fused-ring (bicyclic) bond motifs is 1. The van der Waals surface area contributed by atoms with Crippen LogP contribution in [0.3, 0.4) is 0 Å².